The second-order valence-electron chi connectivity index (χ2n) is 5.39. The summed E-state index contributed by atoms with van der Waals surface area (Å²) in [6.07, 6.45) is 9.76. The van der Waals surface area contributed by atoms with E-state index in [1.807, 2.05) is 0 Å². The van der Waals surface area contributed by atoms with Crippen LogP contribution in [0.4, 0.5) is 0 Å². The third-order valence-corrected chi connectivity index (χ3v) is 3.61. The van der Waals surface area contributed by atoms with Crippen LogP contribution in [0.3, 0.4) is 0 Å². The van der Waals surface area contributed by atoms with Crippen molar-refractivity contribution in [3.8, 4) is 0 Å². The number of hydrogen-bond acceptors (Lipinski definition) is 2. The van der Waals surface area contributed by atoms with E-state index in [2.05, 4.69) is 24.2 Å². The first-order valence-electron chi connectivity index (χ1n) is 7.22. The number of piperidine rings is 1. The fourth-order valence-corrected chi connectivity index (χ4v) is 2.60. The molecule has 1 fully saturated rings. The molecule has 0 aliphatic carbocycles. The summed E-state index contributed by atoms with van der Waals surface area (Å²) in [7, 11) is 2.25. The zero-order chi connectivity index (χ0) is 11.6. The lowest BCUT2D eigenvalue weighted by molar-refractivity contribution is 0.206. The molecule has 1 N–H and O–H groups in total. The SMILES string of the molecule is CCCCCCCNCC1CCCN(C)C1. The summed E-state index contributed by atoms with van der Waals surface area (Å²) in [5, 5.41) is 3.63. The molecule has 1 saturated heterocycles. The number of likely N-dealkylation sites (tertiary alicyclic amines) is 1. The first kappa shape index (κ1) is 14.0. The largest absolute Gasteiger partial charge is 0.316 e. The van der Waals surface area contributed by atoms with Gasteiger partial charge in [-0.15, -0.1) is 0 Å². The van der Waals surface area contributed by atoms with Crippen molar-refractivity contribution in [2.75, 3.05) is 33.2 Å². The molecule has 1 heterocycles. The average Bonchev–Trinajstić information content (AvgIpc) is 2.28. The van der Waals surface area contributed by atoms with Crippen LogP contribution in [0.2, 0.25) is 0 Å². The summed E-state index contributed by atoms with van der Waals surface area (Å²) >= 11 is 0. The summed E-state index contributed by atoms with van der Waals surface area (Å²) in [5.74, 6) is 0.898. The molecule has 16 heavy (non-hydrogen) atoms. The van der Waals surface area contributed by atoms with Crippen LogP contribution in [0.15, 0.2) is 0 Å². The Kier molecular flexibility index (Phi) is 7.87. The Morgan fingerprint density at radius 2 is 2.00 bits per heavy atom. The maximum absolute atomic E-state index is 3.63. The molecule has 2 heteroatoms. The summed E-state index contributed by atoms with van der Waals surface area (Å²) in [6.45, 7) is 7.33. The van der Waals surface area contributed by atoms with E-state index in [1.54, 1.807) is 0 Å². The molecule has 1 aliphatic rings. The fourth-order valence-electron chi connectivity index (χ4n) is 2.60. The summed E-state index contributed by atoms with van der Waals surface area (Å²) in [4.78, 5) is 2.47. The molecule has 2 nitrogen and oxygen atoms in total. The van der Waals surface area contributed by atoms with Crippen LogP contribution in [0.1, 0.15) is 51.9 Å². The lowest BCUT2D eigenvalue weighted by Crippen LogP contribution is -2.37. The highest BCUT2D eigenvalue weighted by Crippen LogP contribution is 2.13. The molecule has 1 rings (SSSR count). The van der Waals surface area contributed by atoms with Gasteiger partial charge in [-0.25, -0.2) is 0 Å². The van der Waals surface area contributed by atoms with Gasteiger partial charge in [0.2, 0.25) is 0 Å². The Hall–Kier alpha value is -0.0800. The second kappa shape index (κ2) is 9.00. The first-order chi connectivity index (χ1) is 7.83. The Balaban J connectivity index is 1.86. The van der Waals surface area contributed by atoms with Crippen molar-refractivity contribution in [3.05, 3.63) is 0 Å². The third kappa shape index (κ3) is 6.49. The maximum atomic E-state index is 3.63. The fraction of sp³-hybridized carbons (Fsp3) is 1.00. The average molecular weight is 226 g/mol. The van der Waals surface area contributed by atoms with Crippen molar-refractivity contribution in [3.63, 3.8) is 0 Å². The quantitative estimate of drug-likeness (QED) is 0.640. The number of unbranched alkanes of at least 4 members (excludes halogenated alkanes) is 4. The van der Waals surface area contributed by atoms with Gasteiger partial charge in [0.25, 0.3) is 0 Å². The number of hydrogen-bond donors (Lipinski definition) is 1. The van der Waals surface area contributed by atoms with Crippen molar-refractivity contribution in [1.29, 1.82) is 0 Å². The molecule has 0 aromatic carbocycles. The van der Waals surface area contributed by atoms with Gasteiger partial charge >= 0.3 is 0 Å². The highest BCUT2D eigenvalue weighted by molar-refractivity contribution is 4.72. The van der Waals surface area contributed by atoms with Crippen LogP contribution in [-0.4, -0.2) is 38.1 Å². The van der Waals surface area contributed by atoms with Gasteiger partial charge in [0.1, 0.15) is 0 Å². The van der Waals surface area contributed by atoms with Gasteiger partial charge in [-0.1, -0.05) is 32.6 Å². The predicted molar refractivity (Wildman–Crippen MR) is 71.8 cm³/mol. The number of nitrogens with one attached hydrogen (secondary N) is 1. The molecule has 0 spiro atoms. The normalized spacial score (nSPS) is 22.5. The van der Waals surface area contributed by atoms with Crippen LogP contribution in [-0.2, 0) is 0 Å². The van der Waals surface area contributed by atoms with E-state index in [9.17, 15) is 0 Å². The van der Waals surface area contributed by atoms with Crippen LogP contribution >= 0.6 is 0 Å². The number of rotatable bonds is 8. The standard InChI is InChI=1S/C14H30N2/c1-3-4-5-6-7-10-15-12-14-9-8-11-16(2)13-14/h14-15H,3-13H2,1-2H3. The van der Waals surface area contributed by atoms with Crippen LogP contribution in [0.5, 0.6) is 0 Å². The first-order valence-corrected chi connectivity index (χ1v) is 7.22. The molecule has 1 aliphatic heterocycles. The van der Waals surface area contributed by atoms with Crippen molar-refractivity contribution in [2.45, 2.75) is 51.9 Å². The summed E-state index contributed by atoms with van der Waals surface area (Å²) in [5.41, 5.74) is 0. The Labute approximate surface area is 102 Å². The molecule has 96 valence electrons. The van der Waals surface area contributed by atoms with Crippen LogP contribution in [0.25, 0.3) is 0 Å². The zero-order valence-corrected chi connectivity index (χ0v) is 11.3. The van der Waals surface area contributed by atoms with Gasteiger partial charge < -0.3 is 10.2 Å². The Bertz CT molecular complexity index is 159. The highest BCUT2D eigenvalue weighted by atomic mass is 15.1. The van der Waals surface area contributed by atoms with Crippen molar-refractivity contribution < 1.29 is 0 Å². The molecule has 1 unspecified atom stereocenters. The maximum Gasteiger partial charge on any atom is 0.00187 e. The lowest BCUT2D eigenvalue weighted by atomic mass is 9.98. The lowest BCUT2D eigenvalue weighted by Gasteiger charge is -2.29. The molecule has 0 bridgehead atoms. The minimum atomic E-state index is 0.898. The molecular formula is C14H30N2. The van der Waals surface area contributed by atoms with E-state index in [1.165, 1.54) is 71.1 Å². The Morgan fingerprint density at radius 1 is 1.19 bits per heavy atom. The predicted octanol–water partition coefficient (Wildman–Crippen LogP) is 2.89. The van der Waals surface area contributed by atoms with Gasteiger partial charge in [-0.3, -0.25) is 0 Å². The van der Waals surface area contributed by atoms with Crippen molar-refractivity contribution in [1.82, 2.24) is 10.2 Å². The summed E-state index contributed by atoms with van der Waals surface area (Å²) < 4.78 is 0. The van der Waals surface area contributed by atoms with E-state index in [0.717, 1.165) is 5.92 Å². The van der Waals surface area contributed by atoms with Gasteiger partial charge in [0.15, 0.2) is 0 Å². The number of nitrogens with zero attached hydrogens (tertiary/aromatic N) is 1. The third-order valence-electron chi connectivity index (χ3n) is 3.61. The monoisotopic (exact) mass is 226 g/mol. The van der Waals surface area contributed by atoms with Gasteiger partial charge in [0, 0.05) is 6.54 Å². The van der Waals surface area contributed by atoms with Gasteiger partial charge in [-0.2, -0.15) is 0 Å². The topological polar surface area (TPSA) is 15.3 Å². The van der Waals surface area contributed by atoms with Crippen LogP contribution < -0.4 is 5.32 Å². The van der Waals surface area contributed by atoms with E-state index >= 15 is 0 Å². The second-order valence-corrected chi connectivity index (χ2v) is 5.39. The summed E-state index contributed by atoms with van der Waals surface area (Å²) in [6, 6.07) is 0. The molecule has 0 amide bonds. The van der Waals surface area contributed by atoms with Gasteiger partial charge in [0.05, 0.1) is 0 Å². The van der Waals surface area contributed by atoms with Crippen molar-refractivity contribution in [2.24, 2.45) is 5.92 Å². The zero-order valence-electron chi connectivity index (χ0n) is 11.3. The van der Waals surface area contributed by atoms with E-state index in [4.69, 9.17) is 0 Å². The van der Waals surface area contributed by atoms with E-state index in [-0.39, 0.29) is 0 Å². The molecule has 0 aromatic rings. The minimum absolute atomic E-state index is 0.898. The molecule has 0 aromatic heterocycles. The van der Waals surface area contributed by atoms with Crippen LogP contribution in [0, 0.1) is 5.92 Å². The molecule has 1 atom stereocenters. The Morgan fingerprint density at radius 3 is 2.75 bits per heavy atom. The molecule has 0 radical (unpaired) electrons. The van der Waals surface area contributed by atoms with E-state index in [0.29, 0.717) is 0 Å². The van der Waals surface area contributed by atoms with Crippen molar-refractivity contribution >= 4 is 0 Å². The molecular weight excluding hydrogens is 196 g/mol. The van der Waals surface area contributed by atoms with E-state index < -0.39 is 0 Å². The minimum Gasteiger partial charge on any atom is -0.316 e. The highest BCUT2D eigenvalue weighted by Gasteiger charge is 2.15. The smallest absolute Gasteiger partial charge is 0.00187 e. The van der Waals surface area contributed by atoms with Gasteiger partial charge in [-0.05, 0) is 51.9 Å². The molecule has 0 saturated carbocycles.